The maximum atomic E-state index is 10.0. The van der Waals surface area contributed by atoms with Gasteiger partial charge in [-0.05, 0) is 43.2 Å². The molecule has 2 N–H and O–H groups in total. The Balaban J connectivity index is 2.17. The van der Waals surface area contributed by atoms with E-state index < -0.39 is 0 Å². The first-order valence-corrected chi connectivity index (χ1v) is 7.00. The maximum Gasteiger partial charge on any atom is 0.161 e. The van der Waals surface area contributed by atoms with Crippen LogP contribution in [0, 0.1) is 6.92 Å². The average Bonchev–Trinajstić information content (AvgIpc) is 2.52. The first-order chi connectivity index (χ1) is 10.6. The third-order valence-corrected chi connectivity index (χ3v) is 3.22. The SMILES string of the molecule is C=CCc1cc(C=NNc2ccc(C)cc2)cc(OC)c1O. The molecular weight excluding hydrogens is 276 g/mol. The van der Waals surface area contributed by atoms with Crippen molar-refractivity contribution in [1.29, 1.82) is 0 Å². The Hall–Kier alpha value is -2.75. The number of anilines is 1. The van der Waals surface area contributed by atoms with Crippen LogP contribution < -0.4 is 10.2 Å². The molecule has 0 aromatic heterocycles. The molecule has 0 aliphatic carbocycles. The molecule has 0 fully saturated rings. The predicted octanol–water partition coefficient (Wildman–Crippen LogP) is 3.88. The first-order valence-electron chi connectivity index (χ1n) is 7.00. The van der Waals surface area contributed by atoms with Gasteiger partial charge < -0.3 is 9.84 Å². The number of aromatic hydroxyl groups is 1. The third-order valence-electron chi connectivity index (χ3n) is 3.22. The summed E-state index contributed by atoms with van der Waals surface area (Å²) in [7, 11) is 1.53. The van der Waals surface area contributed by atoms with E-state index in [9.17, 15) is 5.11 Å². The molecule has 114 valence electrons. The Morgan fingerprint density at radius 1 is 1.27 bits per heavy atom. The summed E-state index contributed by atoms with van der Waals surface area (Å²) in [5.41, 5.74) is 6.68. The van der Waals surface area contributed by atoms with Gasteiger partial charge in [-0.1, -0.05) is 23.8 Å². The molecule has 2 aromatic carbocycles. The highest BCUT2D eigenvalue weighted by Crippen LogP contribution is 2.31. The summed E-state index contributed by atoms with van der Waals surface area (Å²) in [5, 5.41) is 14.3. The van der Waals surface area contributed by atoms with Gasteiger partial charge >= 0.3 is 0 Å². The van der Waals surface area contributed by atoms with Crippen LogP contribution in [0.3, 0.4) is 0 Å². The summed E-state index contributed by atoms with van der Waals surface area (Å²) < 4.78 is 5.18. The summed E-state index contributed by atoms with van der Waals surface area (Å²) in [5.74, 6) is 0.571. The molecule has 0 bridgehead atoms. The number of benzene rings is 2. The molecule has 22 heavy (non-hydrogen) atoms. The highest BCUT2D eigenvalue weighted by molar-refractivity contribution is 5.82. The van der Waals surface area contributed by atoms with Crippen molar-refractivity contribution in [1.82, 2.24) is 0 Å². The summed E-state index contributed by atoms with van der Waals surface area (Å²) in [6.07, 6.45) is 3.99. The fourth-order valence-electron chi connectivity index (χ4n) is 2.04. The van der Waals surface area contributed by atoms with Crippen LogP contribution in [0.1, 0.15) is 16.7 Å². The number of nitrogens with zero attached hydrogens (tertiary/aromatic N) is 1. The minimum atomic E-state index is 0.144. The summed E-state index contributed by atoms with van der Waals surface area (Å²) >= 11 is 0. The number of methoxy groups -OCH3 is 1. The van der Waals surface area contributed by atoms with Gasteiger partial charge in [-0.2, -0.15) is 5.10 Å². The van der Waals surface area contributed by atoms with Crippen LogP contribution in [-0.4, -0.2) is 18.4 Å². The molecule has 4 nitrogen and oxygen atoms in total. The van der Waals surface area contributed by atoms with Gasteiger partial charge in [0.05, 0.1) is 19.0 Å². The van der Waals surface area contributed by atoms with Crippen molar-refractivity contribution in [2.45, 2.75) is 13.3 Å². The lowest BCUT2D eigenvalue weighted by atomic mass is 10.1. The summed E-state index contributed by atoms with van der Waals surface area (Å²) in [6, 6.07) is 11.6. The minimum absolute atomic E-state index is 0.144. The molecule has 0 saturated heterocycles. The Kier molecular flexibility index (Phi) is 5.20. The van der Waals surface area contributed by atoms with Crippen LogP contribution in [0.25, 0.3) is 0 Å². The molecule has 0 aliphatic heterocycles. The molecule has 0 saturated carbocycles. The smallest absolute Gasteiger partial charge is 0.161 e. The van der Waals surface area contributed by atoms with Crippen LogP contribution in [0.15, 0.2) is 54.2 Å². The topological polar surface area (TPSA) is 53.9 Å². The zero-order chi connectivity index (χ0) is 15.9. The van der Waals surface area contributed by atoms with Crippen molar-refractivity contribution in [3.05, 3.63) is 65.7 Å². The standard InChI is InChI=1S/C18H20N2O2/c1-4-5-15-10-14(11-17(22-3)18(15)21)12-19-20-16-8-6-13(2)7-9-16/h4,6-12,20-21H,1,5H2,2-3H3. The van der Waals surface area contributed by atoms with E-state index in [1.807, 2.05) is 37.3 Å². The molecule has 2 aromatic rings. The number of rotatable bonds is 6. The molecular formula is C18H20N2O2. The molecule has 0 spiro atoms. The lowest BCUT2D eigenvalue weighted by Gasteiger charge is -2.09. The second-order valence-electron chi connectivity index (χ2n) is 4.96. The predicted molar refractivity (Wildman–Crippen MR) is 91.0 cm³/mol. The number of hydrogen-bond donors (Lipinski definition) is 2. The maximum absolute atomic E-state index is 10.0. The van der Waals surface area contributed by atoms with Gasteiger partial charge in [-0.25, -0.2) is 0 Å². The largest absolute Gasteiger partial charge is 0.504 e. The van der Waals surface area contributed by atoms with E-state index in [1.165, 1.54) is 12.7 Å². The number of aryl methyl sites for hydroxylation is 1. The van der Waals surface area contributed by atoms with Gasteiger partial charge in [0.25, 0.3) is 0 Å². The van der Waals surface area contributed by atoms with E-state index in [0.717, 1.165) is 16.8 Å². The second kappa shape index (κ2) is 7.31. The van der Waals surface area contributed by atoms with Gasteiger partial charge in [0, 0.05) is 5.56 Å². The lowest BCUT2D eigenvalue weighted by molar-refractivity contribution is 0.371. The highest BCUT2D eigenvalue weighted by atomic mass is 16.5. The molecule has 0 atom stereocenters. The normalized spacial score (nSPS) is 10.6. The third kappa shape index (κ3) is 3.88. The number of nitrogens with one attached hydrogen (secondary N) is 1. The fraction of sp³-hybridized carbons (Fsp3) is 0.167. The fourth-order valence-corrected chi connectivity index (χ4v) is 2.04. The zero-order valence-electron chi connectivity index (χ0n) is 12.8. The Bertz CT molecular complexity index is 676. The highest BCUT2D eigenvalue weighted by Gasteiger charge is 2.08. The number of phenols is 1. The number of allylic oxidation sites excluding steroid dienone is 1. The molecule has 0 heterocycles. The number of ether oxygens (including phenoxy) is 1. The van der Waals surface area contributed by atoms with Gasteiger partial charge in [-0.15, -0.1) is 6.58 Å². The molecule has 2 rings (SSSR count). The molecule has 0 radical (unpaired) electrons. The van der Waals surface area contributed by atoms with E-state index in [2.05, 4.69) is 17.1 Å². The summed E-state index contributed by atoms with van der Waals surface area (Å²) in [6.45, 7) is 5.73. The van der Waals surface area contributed by atoms with Crippen LogP contribution in [0.2, 0.25) is 0 Å². The quantitative estimate of drug-likeness (QED) is 0.483. The van der Waals surface area contributed by atoms with Crippen LogP contribution in [-0.2, 0) is 6.42 Å². The molecule has 0 aliphatic rings. The number of hydrogen-bond acceptors (Lipinski definition) is 4. The van der Waals surface area contributed by atoms with E-state index in [-0.39, 0.29) is 5.75 Å². The zero-order valence-corrected chi connectivity index (χ0v) is 12.8. The Labute approximate surface area is 130 Å². The monoisotopic (exact) mass is 296 g/mol. The van der Waals surface area contributed by atoms with Gasteiger partial charge in [0.2, 0.25) is 0 Å². The minimum Gasteiger partial charge on any atom is -0.504 e. The van der Waals surface area contributed by atoms with Crippen LogP contribution >= 0.6 is 0 Å². The second-order valence-corrected chi connectivity index (χ2v) is 4.96. The molecule has 4 heteroatoms. The number of phenolic OH excluding ortho intramolecular Hbond substituents is 1. The van der Waals surface area contributed by atoms with E-state index in [1.54, 1.807) is 18.4 Å². The average molecular weight is 296 g/mol. The molecule has 0 amide bonds. The van der Waals surface area contributed by atoms with Crippen molar-refractivity contribution >= 4 is 11.9 Å². The Morgan fingerprint density at radius 3 is 2.64 bits per heavy atom. The van der Waals surface area contributed by atoms with Crippen molar-refractivity contribution in [2.24, 2.45) is 5.10 Å². The van der Waals surface area contributed by atoms with Crippen molar-refractivity contribution in [3.8, 4) is 11.5 Å². The van der Waals surface area contributed by atoms with Gasteiger partial charge in [0.1, 0.15) is 0 Å². The van der Waals surface area contributed by atoms with Crippen LogP contribution in [0.4, 0.5) is 5.69 Å². The number of hydrazone groups is 1. The molecule has 0 unspecified atom stereocenters. The van der Waals surface area contributed by atoms with Crippen molar-refractivity contribution in [2.75, 3.05) is 12.5 Å². The van der Waals surface area contributed by atoms with E-state index in [4.69, 9.17) is 4.74 Å². The summed E-state index contributed by atoms with van der Waals surface area (Å²) in [4.78, 5) is 0. The van der Waals surface area contributed by atoms with Crippen molar-refractivity contribution in [3.63, 3.8) is 0 Å². The van der Waals surface area contributed by atoms with E-state index in [0.29, 0.717) is 12.2 Å². The van der Waals surface area contributed by atoms with Gasteiger partial charge in [-0.3, -0.25) is 5.43 Å². The van der Waals surface area contributed by atoms with Crippen molar-refractivity contribution < 1.29 is 9.84 Å². The first kappa shape index (κ1) is 15.6. The van der Waals surface area contributed by atoms with Crippen LogP contribution in [0.5, 0.6) is 11.5 Å². The Morgan fingerprint density at radius 2 is 2.00 bits per heavy atom. The van der Waals surface area contributed by atoms with Gasteiger partial charge in [0.15, 0.2) is 11.5 Å². The lowest BCUT2D eigenvalue weighted by Crippen LogP contribution is -1.95. The van der Waals surface area contributed by atoms with E-state index >= 15 is 0 Å².